The highest BCUT2D eigenvalue weighted by molar-refractivity contribution is 7.99. The van der Waals surface area contributed by atoms with E-state index in [1.54, 1.807) is 11.3 Å². The van der Waals surface area contributed by atoms with Crippen molar-refractivity contribution in [2.45, 2.75) is 33.6 Å². The minimum atomic E-state index is 0.654. The predicted octanol–water partition coefficient (Wildman–Crippen LogP) is 3.29. The van der Waals surface area contributed by atoms with Crippen molar-refractivity contribution in [3.8, 4) is 0 Å². The number of anilines is 1. The van der Waals surface area contributed by atoms with E-state index in [0.717, 1.165) is 23.1 Å². The average Bonchev–Trinajstić information content (AvgIpc) is 2.64. The highest BCUT2D eigenvalue weighted by Gasteiger charge is 2.05. The van der Waals surface area contributed by atoms with E-state index in [1.807, 2.05) is 11.8 Å². The highest BCUT2D eigenvalue weighted by atomic mass is 32.2. The lowest BCUT2D eigenvalue weighted by Gasteiger charge is -2.00. The lowest BCUT2D eigenvalue weighted by Crippen LogP contribution is -2.02. The molecule has 92 valence electrons. The van der Waals surface area contributed by atoms with E-state index >= 15 is 0 Å². The summed E-state index contributed by atoms with van der Waals surface area (Å²) in [4.78, 5) is 0. The lowest BCUT2D eigenvalue weighted by atomic mass is 10.1. The van der Waals surface area contributed by atoms with Crippen molar-refractivity contribution < 1.29 is 0 Å². The summed E-state index contributed by atoms with van der Waals surface area (Å²) in [6, 6.07) is 0. The van der Waals surface area contributed by atoms with Crippen LogP contribution < -0.4 is 5.32 Å². The number of nitrogens with one attached hydrogen (secondary N) is 1. The van der Waals surface area contributed by atoms with Crippen LogP contribution in [0, 0.1) is 5.92 Å². The zero-order valence-corrected chi connectivity index (χ0v) is 12.0. The zero-order valence-electron chi connectivity index (χ0n) is 10.3. The molecule has 5 heteroatoms. The molecule has 0 spiro atoms. The standard InChI is InChI=1S/C11H21N3S2/c1-4-15-7-5-6-12-11-14-13-10(16-11)8-9(2)3/h9H,4-8H2,1-3H3,(H,12,14). The van der Waals surface area contributed by atoms with Gasteiger partial charge in [-0.3, -0.25) is 0 Å². The summed E-state index contributed by atoms with van der Waals surface area (Å²) < 4.78 is 0. The number of rotatable bonds is 8. The van der Waals surface area contributed by atoms with Gasteiger partial charge in [-0.25, -0.2) is 0 Å². The summed E-state index contributed by atoms with van der Waals surface area (Å²) in [6.45, 7) is 7.61. The van der Waals surface area contributed by atoms with Crippen molar-refractivity contribution in [1.29, 1.82) is 0 Å². The van der Waals surface area contributed by atoms with Gasteiger partial charge in [-0.2, -0.15) is 11.8 Å². The molecule has 16 heavy (non-hydrogen) atoms. The predicted molar refractivity (Wildman–Crippen MR) is 74.6 cm³/mol. The van der Waals surface area contributed by atoms with Crippen molar-refractivity contribution in [1.82, 2.24) is 10.2 Å². The Morgan fingerprint density at radius 1 is 1.38 bits per heavy atom. The maximum absolute atomic E-state index is 4.17. The third-order valence-corrected chi connectivity index (χ3v) is 3.88. The first-order valence-corrected chi connectivity index (χ1v) is 7.83. The van der Waals surface area contributed by atoms with Gasteiger partial charge in [0.05, 0.1) is 0 Å². The van der Waals surface area contributed by atoms with Crippen LogP contribution >= 0.6 is 23.1 Å². The monoisotopic (exact) mass is 259 g/mol. The first-order valence-electron chi connectivity index (χ1n) is 5.86. The number of hydrogen-bond donors (Lipinski definition) is 1. The molecule has 0 aliphatic heterocycles. The quantitative estimate of drug-likeness (QED) is 0.727. The largest absolute Gasteiger partial charge is 0.360 e. The summed E-state index contributed by atoms with van der Waals surface area (Å²) >= 11 is 3.67. The molecule has 0 aliphatic carbocycles. The van der Waals surface area contributed by atoms with Gasteiger partial charge >= 0.3 is 0 Å². The van der Waals surface area contributed by atoms with Crippen LogP contribution in [0.25, 0.3) is 0 Å². The molecule has 0 aliphatic rings. The molecule has 1 aromatic rings. The van der Waals surface area contributed by atoms with E-state index in [0.29, 0.717) is 5.92 Å². The second-order valence-electron chi connectivity index (χ2n) is 4.08. The van der Waals surface area contributed by atoms with Crippen molar-refractivity contribution in [2.75, 3.05) is 23.4 Å². The van der Waals surface area contributed by atoms with Gasteiger partial charge in [0.1, 0.15) is 5.01 Å². The molecule has 0 atom stereocenters. The van der Waals surface area contributed by atoms with Crippen LogP contribution in [0.2, 0.25) is 0 Å². The summed E-state index contributed by atoms with van der Waals surface area (Å²) in [6.07, 6.45) is 2.22. The fraction of sp³-hybridized carbons (Fsp3) is 0.818. The average molecular weight is 259 g/mol. The molecule has 1 heterocycles. The number of aromatic nitrogens is 2. The van der Waals surface area contributed by atoms with Crippen LogP contribution in [-0.2, 0) is 6.42 Å². The first kappa shape index (κ1) is 13.8. The van der Waals surface area contributed by atoms with E-state index in [1.165, 1.54) is 17.9 Å². The van der Waals surface area contributed by atoms with Gasteiger partial charge in [0.2, 0.25) is 5.13 Å². The van der Waals surface area contributed by atoms with Gasteiger partial charge in [-0.05, 0) is 23.8 Å². The molecule has 1 N–H and O–H groups in total. The first-order chi connectivity index (χ1) is 7.72. The van der Waals surface area contributed by atoms with E-state index in [2.05, 4.69) is 36.3 Å². The van der Waals surface area contributed by atoms with E-state index in [9.17, 15) is 0 Å². The summed E-state index contributed by atoms with van der Waals surface area (Å²) in [5.74, 6) is 3.08. The van der Waals surface area contributed by atoms with Crippen molar-refractivity contribution in [3.63, 3.8) is 0 Å². The van der Waals surface area contributed by atoms with Crippen LogP contribution in [0.5, 0.6) is 0 Å². The molecular weight excluding hydrogens is 238 g/mol. The topological polar surface area (TPSA) is 37.8 Å². The molecule has 3 nitrogen and oxygen atoms in total. The minimum Gasteiger partial charge on any atom is -0.360 e. The Hall–Kier alpha value is -0.290. The Balaban J connectivity index is 2.19. The molecule has 0 fully saturated rings. The number of hydrogen-bond acceptors (Lipinski definition) is 5. The van der Waals surface area contributed by atoms with Crippen LogP contribution in [0.15, 0.2) is 0 Å². The van der Waals surface area contributed by atoms with Gasteiger partial charge in [0.15, 0.2) is 0 Å². The molecule has 1 rings (SSSR count). The molecule has 0 amide bonds. The third-order valence-electron chi connectivity index (χ3n) is 2.00. The van der Waals surface area contributed by atoms with E-state index in [-0.39, 0.29) is 0 Å². The summed E-state index contributed by atoms with van der Waals surface area (Å²) in [5, 5.41) is 13.7. The normalized spacial score (nSPS) is 11.0. The Kier molecular flexibility index (Phi) is 6.80. The number of nitrogens with zero attached hydrogens (tertiary/aromatic N) is 2. The fourth-order valence-corrected chi connectivity index (χ4v) is 2.89. The number of thioether (sulfide) groups is 1. The Bertz CT molecular complexity index is 287. The second-order valence-corrected chi connectivity index (χ2v) is 6.53. The molecule has 0 aromatic carbocycles. The SMILES string of the molecule is CCSCCCNc1nnc(CC(C)C)s1. The second kappa shape index (κ2) is 7.90. The van der Waals surface area contributed by atoms with E-state index in [4.69, 9.17) is 0 Å². The van der Waals surface area contributed by atoms with Gasteiger partial charge in [0.25, 0.3) is 0 Å². The molecule has 1 aromatic heterocycles. The Labute approximate surface area is 106 Å². The zero-order chi connectivity index (χ0) is 11.8. The molecule has 0 unspecified atom stereocenters. The fourth-order valence-electron chi connectivity index (χ4n) is 1.27. The molecular formula is C11H21N3S2. The van der Waals surface area contributed by atoms with Crippen LogP contribution in [-0.4, -0.2) is 28.2 Å². The maximum Gasteiger partial charge on any atom is 0.205 e. The minimum absolute atomic E-state index is 0.654. The Morgan fingerprint density at radius 2 is 2.19 bits per heavy atom. The van der Waals surface area contributed by atoms with E-state index < -0.39 is 0 Å². The molecule has 0 radical (unpaired) electrons. The van der Waals surface area contributed by atoms with Crippen molar-refractivity contribution in [2.24, 2.45) is 5.92 Å². The van der Waals surface area contributed by atoms with Crippen LogP contribution in [0.1, 0.15) is 32.2 Å². The highest BCUT2D eigenvalue weighted by Crippen LogP contribution is 2.18. The summed E-state index contributed by atoms with van der Waals surface area (Å²) in [7, 11) is 0. The van der Waals surface area contributed by atoms with Crippen LogP contribution in [0.4, 0.5) is 5.13 Å². The smallest absolute Gasteiger partial charge is 0.205 e. The summed E-state index contributed by atoms with van der Waals surface area (Å²) in [5.41, 5.74) is 0. The Morgan fingerprint density at radius 3 is 2.88 bits per heavy atom. The molecule has 0 saturated carbocycles. The van der Waals surface area contributed by atoms with Gasteiger partial charge in [0, 0.05) is 13.0 Å². The third kappa shape index (κ3) is 5.70. The van der Waals surface area contributed by atoms with Gasteiger partial charge in [-0.1, -0.05) is 32.1 Å². The maximum atomic E-state index is 4.17. The van der Waals surface area contributed by atoms with Gasteiger partial charge < -0.3 is 5.32 Å². The van der Waals surface area contributed by atoms with Crippen molar-refractivity contribution >= 4 is 28.2 Å². The molecule has 0 saturated heterocycles. The van der Waals surface area contributed by atoms with Crippen LogP contribution in [0.3, 0.4) is 0 Å². The lowest BCUT2D eigenvalue weighted by molar-refractivity contribution is 0.640. The molecule has 0 bridgehead atoms. The van der Waals surface area contributed by atoms with Gasteiger partial charge in [-0.15, -0.1) is 10.2 Å². The van der Waals surface area contributed by atoms with Crippen molar-refractivity contribution in [3.05, 3.63) is 5.01 Å².